The molecule has 0 amide bonds. The van der Waals surface area contributed by atoms with E-state index in [1.165, 1.54) is 22.3 Å². The number of esters is 1. The maximum absolute atomic E-state index is 13.0. The monoisotopic (exact) mass is 585 g/mol. The molecule has 7 nitrogen and oxygen atoms in total. The van der Waals surface area contributed by atoms with Gasteiger partial charge < -0.3 is 24.4 Å². The van der Waals surface area contributed by atoms with E-state index in [2.05, 4.69) is 54.4 Å². The number of carbonyl (C=O) groups is 1. The number of nitrogens with one attached hydrogen (secondary N) is 1. The van der Waals surface area contributed by atoms with Crippen LogP contribution < -0.4 is 15.0 Å². The van der Waals surface area contributed by atoms with Crippen molar-refractivity contribution in [3.05, 3.63) is 76.3 Å². The molecule has 0 saturated carbocycles. The van der Waals surface area contributed by atoms with Gasteiger partial charge in [-0.25, -0.2) is 4.98 Å². The Bertz CT molecular complexity index is 1430. The molecule has 230 valence electrons. The van der Waals surface area contributed by atoms with Crippen LogP contribution in [-0.4, -0.2) is 55.4 Å². The molecule has 2 aliphatic rings. The summed E-state index contributed by atoms with van der Waals surface area (Å²) < 4.78 is 18.4. The van der Waals surface area contributed by atoms with Gasteiger partial charge in [0.1, 0.15) is 23.8 Å². The van der Waals surface area contributed by atoms with Gasteiger partial charge in [0.25, 0.3) is 0 Å². The third kappa shape index (κ3) is 7.39. The standard InChI is InChI=1S/C36H47N3O4/c1-7-41-32-22-39(21-18-30(32)35(40)43-36(4,5)6)33-13-9-12-31(38-33)29-11-8-10-24(2)34(29)42-23-27-15-14-26-16-19-37-20-17-28(26)25(27)3/h8-15,30,32,37H,7,16-23H2,1-6H3/t30-,32+/m0/s1. The number of fused-ring (bicyclic) bond motifs is 1. The largest absolute Gasteiger partial charge is 0.488 e. The number of ether oxygens (including phenoxy) is 3. The van der Waals surface area contributed by atoms with Crippen LogP contribution in [-0.2, 0) is 33.7 Å². The first-order chi connectivity index (χ1) is 20.6. The zero-order chi connectivity index (χ0) is 30.6. The van der Waals surface area contributed by atoms with Crippen LogP contribution >= 0.6 is 0 Å². The number of hydrogen-bond acceptors (Lipinski definition) is 7. The number of benzene rings is 2. The van der Waals surface area contributed by atoms with Crippen LogP contribution in [0.2, 0.25) is 0 Å². The van der Waals surface area contributed by atoms with E-state index in [0.717, 1.165) is 54.3 Å². The highest BCUT2D eigenvalue weighted by atomic mass is 16.6. The molecule has 0 spiro atoms. The summed E-state index contributed by atoms with van der Waals surface area (Å²) in [5.41, 5.74) is 7.88. The number of aromatic nitrogens is 1. The Morgan fingerprint density at radius 2 is 1.84 bits per heavy atom. The van der Waals surface area contributed by atoms with E-state index in [9.17, 15) is 4.79 Å². The summed E-state index contributed by atoms with van der Waals surface area (Å²) in [4.78, 5) is 20.3. The van der Waals surface area contributed by atoms with Crippen LogP contribution in [0.5, 0.6) is 5.75 Å². The van der Waals surface area contributed by atoms with Crippen LogP contribution in [0.25, 0.3) is 11.3 Å². The molecule has 7 heteroatoms. The van der Waals surface area contributed by atoms with Gasteiger partial charge in [-0.2, -0.15) is 0 Å². The molecule has 1 aromatic heterocycles. The first kappa shape index (κ1) is 31.0. The number of nitrogens with zero attached hydrogens (tertiary/aromatic N) is 2. The fourth-order valence-corrected chi connectivity index (χ4v) is 6.26. The fourth-order valence-electron chi connectivity index (χ4n) is 6.26. The molecule has 0 unspecified atom stereocenters. The minimum Gasteiger partial charge on any atom is -0.488 e. The predicted octanol–water partition coefficient (Wildman–Crippen LogP) is 6.21. The van der Waals surface area contributed by atoms with Crippen molar-refractivity contribution in [3.63, 3.8) is 0 Å². The van der Waals surface area contributed by atoms with Gasteiger partial charge in [-0.05, 0) is 120 Å². The summed E-state index contributed by atoms with van der Waals surface area (Å²) in [6.45, 7) is 16.4. The number of carbonyl (C=O) groups excluding carboxylic acids is 1. The lowest BCUT2D eigenvalue weighted by Gasteiger charge is -2.38. The lowest BCUT2D eigenvalue weighted by atomic mass is 9.93. The third-order valence-corrected chi connectivity index (χ3v) is 8.50. The molecule has 2 aromatic carbocycles. The summed E-state index contributed by atoms with van der Waals surface area (Å²) in [5.74, 6) is 1.25. The normalized spacial score (nSPS) is 19.0. The average Bonchev–Trinajstić information content (AvgIpc) is 3.23. The van der Waals surface area contributed by atoms with Crippen molar-refractivity contribution in [3.8, 4) is 17.0 Å². The fraction of sp³-hybridized carbons (Fsp3) is 0.500. The first-order valence-corrected chi connectivity index (χ1v) is 15.7. The highest BCUT2D eigenvalue weighted by Crippen LogP contribution is 2.35. The summed E-state index contributed by atoms with van der Waals surface area (Å²) in [6, 6.07) is 16.9. The van der Waals surface area contributed by atoms with Crippen molar-refractivity contribution < 1.29 is 19.0 Å². The second-order valence-electron chi connectivity index (χ2n) is 12.7. The van der Waals surface area contributed by atoms with Crippen molar-refractivity contribution >= 4 is 11.8 Å². The second-order valence-corrected chi connectivity index (χ2v) is 12.7. The summed E-state index contributed by atoms with van der Waals surface area (Å²) >= 11 is 0. The molecule has 3 aromatic rings. The van der Waals surface area contributed by atoms with Crippen molar-refractivity contribution in [2.75, 3.05) is 37.7 Å². The zero-order valence-electron chi connectivity index (χ0n) is 26.7. The molecule has 5 rings (SSSR count). The van der Waals surface area contributed by atoms with E-state index in [4.69, 9.17) is 19.2 Å². The van der Waals surface area contributed by atoms with Gasteiger partial charge in [0.2, 0.25) is 0 Å². The SMILES string of the molecule is CCO[C@@H]1CN(c2cccc(-c3cccc(C)c3OCc3ccc4c(c3C)CCNCC4)n2)CC[C@@H]1C(=O)OC(C)(C)C. The Kier molecular flexibility index (Phi) is 9.72. The zero-order valence-corrected chi connectivity index (χ0v) is 26.7. The van der Waals surface area contributed by atoms with Crippen LogP contribution in [0.1, 0.15) is 61.9 Å². The van der Waals surface area contributed by atoms with E-state index in [1.54, 1.807) is 0 Å². The van der Waals surface area contributed by atoms with Gasteiger partial charge in [-0.3, -0.25) is 4.79 Å². The number of hydrogen-bond donors (Lipinski definition) is 1. The molecule has 2 atom stereocenters. The van der Waals surface area contributed by atoms with Gasteiger partial charge in [-0.15, -0.1) is 0 Å². The highest BCUT2D eigenvalue weighted by molar-refractivity contribution is 5.74. The molecular weight excluding hydrogens is 538 g/mol. The molecule has 1 N–H and O–H groups in total. The van der Waals surface area contributed by atoms with Crippen molar-refractivity contribution in [2.24, 2.45) is 5.92 Å². The molecular formula is C36H47N3O4. The predicted molar refractivity (Wildman–Crippen MR) is 172 cm³/mol. The molecule has 0 radical (unpaired) electrons. The lowest BCUT2D eigenvalue weighted by Crippen LogP contribution is -2.49. The van der Waals surface area contributed by atoms with Gasteiger partial charge in [0.05, 0.1) is 17.7 Å². The molecule has 1 saturated heterocycles. The van der Waals surface area contributed by atoms with Crippen LogP contribution in [0.15, 0.2) is 48.5 Å². The maximum atomic E-state index is 13.0. The van der Waals surface area contributed by atoms with Crippen LogP contribution in [0, 0.1) is 19.8 Å². The summed E-state index contributed by atoms with van der Waals surface area (Å²) in [7, 11) is 0. The third-order valence-electron chi connectivity index (χ3n) is 8.50. The minimum absolute atomic E-state index is 0.185. The Labute approximate surface area is 256 Å². The van der Waals surface area contributed by atoms with E-state index in [1.807, 2.05) is 45.9 Å². The lowest BCUT2D eigenvalue weighted by molar-refractivity contribution is -0.166. The first-order valence-electron chi connectivity index (χ1n) is 15.7. The van der Waals surface area contributed by atoms with Crippen molar-refractivity contribution in [2.45, 2.75) is 79.1 Å². The van der Waals surface area contributed by atoms with Gasteiger partial charge >= 0.3 is 5.97 Å². The van der Waals surface area contributed by atoms with E-state index >= 15 is 0 Å². The van der Waals surface area contributed by atoms with Gasteiger partial charge in [-0.1, -0.05) is 30.3 Å². The molecule has 1 fully saturated rings. The molecule has 0 bridgehead atoms. The molecule has 3 heterocycles. The molecule has 2 aliphatic heterocycles. The maximum Gasteiger partial charge on any atom is 0.312 e. The smallest absolute Gasteiger partial charge is 0.312 e. The van der Waals surface area contributed by atoms with Crippen molar-refractivity contribution in [1.29, 1.82) is 0 Å². The summed E-state index contributed by atoms with van der Waals surface area (Å²) in [5, 5.41) is 3.51. The quantitative estimate of drug-likeness (QED) is 0.315. The summed E-state index contributed by atoms with van der Waals surface area (Å²) in [6.07, 6.45) is 2.53. The topological polar surface area (TPSA) is 72.9 Å². The van der Waals surface area contributed by atoms with Crippen LogP contribution in [0.4, 0.5) is 5.82 Å². The van der Waals surface area contributed by atoms with E-state index in [-0.39, 0.29) is 18.0 Å². The minimum atomic E-state index is -0.524. The Morgan fingerprint density at radius 1 is 1.05 bits per heavy atom. The van der Waals surface area contributed by atoms with Crippen LogP contribution in [0.3, 0.4) is 0 Å². The molecule has 0 aliphatic carbocycles. The average molecular weight is 586 g/mol. The Balaban J connectivity index is 1.35. The van der Waals surface area contributed by atoms with Crippen molar-refractivity contribution in [1.82, 2.24) is 10.3 Å². The number of anilines is 1. The Hall–Kier alpha value is -3.42. The van der Waals surface area contributed by atoms with Gasteiger partial charge in [0, 0.05) is 25.3 Å². The second kappa shape index (κ2) is 13.5. The number of para-hydroxylation sites is 1. The number of rotatable bonds is 8. The highest BCUT2D eigenvalue weighted by Gasteiger charge is 2.38. The molecule has 43 heavy (non-hydrogen) atoms. The number of pyridine rings is 1. The number of piperidine rings is 1. The Morgan fingerprint density at radius 3 is 2.63 bits per heavy atom. The number of aryl methyl sites for hydroxylation is 1. The van der Waals surface area contributed by atoms with E-state index in [0.29, 0.717) is 32.7 Å². The van der Waals surface area contributed by atoms with Gasteiger partial charge in [0.15, 0.2) is 0 Å². The van der Waals surface area contributed by atoms with E-state index < -0.39 is 5.60 Å².